The number of nitrogens with one attached hydrogen (secondary N) is 1. The molecule has 0 saturated heterocycles. The van der Waals surface area contributed by atoms with E-state index in [1.165, 1.54) is 0 Å². The van der Waals surface area contributed by atoms with Crippen molar-refractivity contribution in [2.24, 2.45) is 0 Å². The fraction of sp³-hybridized carbons (Fsp3) is 0.250. The van der Waals surface area contributed by atoms with Gasteiger partial charge in [-0.05, 0) is 30.2 Å². The summed E-state index contributed by atoms with van der Waals surface area (Å²) in [6.07, 6.45) is 0. The molecule has 0 aliphatic heterocycles. The monoisotopic (exact) mass is 295 g/mol. The zero-order valence-corrected chi connectivity index (χ0v) is 11.5. The summed E-state index contributed by atoms with van der Waals surface area (Å²) in [6.45, 7) is 1.95. The van der Waals surface area contributed by atoms with E-state index >= 15 is 0 Å². The third kappa shape index (κ3) is 3.83. The lowest BCUT2D eigenvalue weighted by Crippen LogP contribution is -2.35. The van der Waals surface area contributed by atoms with Gasteiger partial charge in [0.05, 0.1) is 5.60 Å². The zero-order chi connectivity index (χ0) is 15.5. The van der Waals surface area contributed by atoms with Crippen molar-refractivity contribution in [3.05, 3.63) is 71.0 Å². The van der Waals surface area contributed by atoms with Crippen molar-refractivity contribution in [2.75, 3.05) is 6.54 Å². The second-order valence-electron chi connectivity index (χ2n) is 5.12. The van der Waals surface area contributed by atoms with Crippen LogP contribution in [0, 0.1) is 17.5 Å². The minimum Gasteiger partial charge on any atom is -0.384 e. The maximum absolute atomic E-state index is 13.1. The van der Waals surface area contributed by atoms with Crippen molar-refractivity contribution in [2.45, 2.75) is 19.1 Å². The van der Waals surface area contributed by atoms with Crippen molar-refractivity contribution in [1.29, 1.82) is 0 Å². The normalized spacial score (nSPS) is 14.0. The Morgan fingerprint density at radius 1 is 1.05 bits per heavy atom. The Balaban J connectivity index is 1.98. The van der Waals surface area contributed by atoms with Crippen LogP contribution >= 0.6 is 0 Å². The summed E-state index contributed by atoms with van der Waals surface area (Å²) in [7, 11) is 0. The van der Waals surface area contributed by atoms with Gasteiger partial charge >= 0.3 is 0 Å². The second-order valence-corrected chi connectivity index (χ2v) is 5.12. The topological polar surface area (TPSA) is 32.3 Å². The Labute approximate surface area is 121 Å². The molecule has 0 radical (unpaired) electrons. The molecule has 0 saturated carbocycles. The molecular weight excluding hydrogens is 279 g/mol. The molecule has 0 aromatic heterocycles. The van der Waals surface area contributed by atoms with Gasteiger partial charge in [-0.25, -0.2) is 13.2 Å². The lowest BCUT2D eigenvalue weighted by Gasteiger charge is -2.24. The number of halogens is 3. The molecule has 0 amide bonds. The Bertz CT molecular complexity index is 591. The molecule has 2 N–H and O–H groups in total. The molecule has 0 aliphatic carbocycles. The van der Waals surface area contributed by atoms with Crippen LogP contribution in [0.15, 0.2) is 42.5 Å². The lowest BCUT2D eigenvalue weighted by atomic mass is 9.96. The predicted octanol–water partition coefficient (Wildman–Crippen LogP) is 3.10. The third-order valence-corrected chi connectivity index (χ3v) is 3.24. The van der Waals surface area contributed by atoms with Crippen LogP contribution in [0.1, 0.15) is 18.1 Å². The molecule has 0 fully saturated rings. The number of rotatable bonds is 5. The molecule has 21 heavy (non-hydrogen) atoms. The lowest BCUT2D eigenvalue weighted by molar-refractivity contribution is 0.0566. The van der Waals surface area contributed by atoms with Crippen molar-refractivity contribution in [3.63, 3.8) is 0 Å². The third-order valence-electron chi connectivity index (χ3n) is 3.24. The van der Waals surface area contributed by atoms with E-state index in [1.807, 2.05) is 18.2 Å². The van der Waals surface area contributed by atoms with Crippen LogP contribution in [0.4, 0.5) is 13.2 Å². The van der Waals surface area contributed by atoms with E-state index in [0.29, 0.717) is 0 Å². The first-order valence-corrected chi connectivity index (χ1v) is 6.52. The highest BCUT2D eigenvalue weighted by molar-refractivity contribution is 5.22. The number of benzene rings is 2. The van der Waals surface area contributed by atoms with Crippen LogP contribution in [0.2, 0.25) is 0 Å². The van der Waals surface area contributed by atoms with Crippen molar-refractivity contribution >= 4 is 0 Å². The minimum atomic E-state index is -1.48. The zero-order valence-electron chi connectivity index (χ0n) is 11.5. The summed E-state index contributed by atoms with van der Waals surface area (Å²) in [5, 5.41) is 13.3. The van der Waals surface area contributed by atoms with Crippen molar-refractivity contribution < 1.29 is 18.3 Å². The molecule has 5 heteroatoms. The molecular formula is C16H16F3NO. The highest BCUT2D eigenvalue weighted by Crippen LogP contribution is 2.19. The van der Waals surface area contributed by atoms with Crippen molar-refractivity contribution in [1.82, 2.24) is 5.32 Å². The molecule has 0 heterocycles. The summed E-state index contributed by atoms with van der Waals surface area (Å²) in [5.74, 6) is -3.92. The van der Waals surface area contributed by atoms with E-state index in [4.69, 9.17) is 0 Å². The maximum Gasteiger partial charge on any atom is 0.194 e. The first-order chi connectivity index (χ1) is 9.90. The second kappa shape index (κ2) is 6.28. The predicted molar refractivity (Wildman–Crippen MR) is 74.0 cm³/mol. The molecule has 1 atom stereocenters. The van der Waals surface area contributed by atoms with E-state index in [0.717, 1.165) is 17.7 Å². The Hall–Kier alpha value is -1.85. The highest BCUT2D eigenvalue weighted by Gasteiger charge is 2.22. The van der Waals surface area contributed by atoms with Crippen LogP contribution in [0.5, 0.6) is 0 Å². The van der Waals surface area contributed by atoms with Crippen molar-refractivity contribution in [3.8, 4) is 0 Å². The van der Waals surface area contributed by atoms with E-state index in [-0.39, 0.29) is 18.7 Å². The van der Waals surface area contributed by atoms with Crippen LogP contribution < -0.4 is 5.32 Å². The molecule has 2 aromatic carbocycles. The van der Waals surface area contributed by atoms with Crippen LogP contribution in [0.25, 0.3) is 0 Å². The Morgan fingerprint density at radius 2 is 1.62 bits per heavy atom. The summed E-state index contributed by atoms with van der Waals surface area (Å²) < 4.78 is 39.0. The molecule has 112 valence electrons. The molecule has 2 nitrogen and oxygen atoms in total. The largest absolute Gasteiger partial charge is 0.384 e. The first kappa shape index (κ1) is 15.5. The van der Waals surface area contributed by atoms with Crippen LogP contribution in [-0.4, -0.2) is 11.7 Å². The fourth-order valence-corrected chi connectivity index (χ4v) is 2.06. The van der Waals surface area contributed by atoms with Gasteiger partial charge in [0.1, 0.15) is 0 Å². The summed E-state index contributed by atoms with van der Waals surface area (Å²) >= 11 is 0. The van der Waals surface area contributed by atoms with E-state index in [1.54, 1.807) is 19.1 Å². The van der Waals surface area contributed by atoms with Gasteiger partial charge < -0.3 is 10.4 Å². The number of hydrogen-bond donors (Lipinski definition) is 2. The minimum absolute atomic E-state index is 0.122. The van der Waals surface area contributed by atoms with Gasteiger partial charge in [0, 0.05) is 13.1 Å². The van der Waals surface area contributed by atoms with Gasteiger partial charge in [-0.15, -0.1) is 0 Å². The van der Waals surface area contributed by atoms with Gasteiger partial charge in [0.2, 0.25) is 0 Å². The van der Waals surface area contributed by atoms with Gasteiger partial charge in [-0.1, -0.05) is 30.3 Å². The Kier molecular flexibility index (Phi) is 4.65. The maximum atomic E-state index is 13.1. The molecule has 0 bridgehead atoms. The number of aliphatic hydroxyl groups is 1. The van der Waals surface area contributed by atoms with Gasteiger partial charge in [0.25, 0.3) is 0 Å². The fourth-order valence-electron chi connectivity index (χ4n) is 2.06. The number of hydrogen-bond acceptors (Lipinski definition) is 2. The van der Waals surface area contributed by atoms with Gasteiger partial charge in [-0.2, -0.15) is 0 Å². The van der Waals surface area contributed by atoms with Crippen LogP contribution in [-0.2, 0) is 12.1 Å². The summed E-state index contributed by atoms with van der Waals surface area (Å²) in [4.78, 5) is 0. The Morgan fingerprint density at radius 3 is 2.19 bits per heavy atom. The SMILES string of the molecule is CC(O)(CNCc1cc(F)c(F)c(F)c1)c1ccccc1. The quantitative estimate of drug-likeness (QED) is 0.831. The van der Waals surface area contributed by atoms with Gasteiger partial charge in [-0.3, -0.25) is 0 Å². The molecule has 0 spiro atoms. The standard InChI is InChI=1S/C16H16F3NO/c1-16(21,12-5-3-2-4-6-12)10-20-9-11-7-13(17)15(19)14(18)8-11/h2-8,20-21H,9-10H2,1H3. The van der Waals surface area contributed by atoms with Crippen LogP contribution in [0.3, 0.4) is 0 Å². The van der Waals surface area contributed by atoms with Gasteiger partial charge in [0.15, 0.2) is 17.5 Å². The summed E-state index contributed by atoms with van der Waals surface area (Å²) in [6, 6.07) is 10.9. The molecule has 2 aromatic rings. The molecule has 2 rings (SSSR count). The van der Waals surface area contributed by atoms with E-state index in [9.17, 15) is 18.3 Å². The van der Waals surface area contributed by atoms with E-state index < -0.39 is 23.1 Å². The smallest absolute Gasteiger partial charge is 0.194 e. The molecule has 0 aliphatic rings. The molecule has 1 unspecified atom stereocenters. The summed E-state index contributed by atoms with van der Waals surface area (Å²) in [5.41, 5.74) is -0.109. The first-order valence-electron chi connectivity index (χ1n) is 6.52. The van der Waals surface area contributed by atoms with E-state index in [2.05, 4.69) is 5.32 Å². The highest BCUT2D eigenvalue weighted by atomic mass is 19.2. The average molecular weight is 295 g/mol. The average Bonchev–Trinajstić information content (AvgIpc) is 2.45.